The van der Waals surface area contributed by atoms with Crippen molar-refractivity contribution in [2.75, 3.05) is 17.7 Å². The molecule has 6 heteroatoms. The van der Waals surface area contributed by atoms with Crippen molar-refractivity contribution in [3.63, 3.8) is 0 Å². The third kappa shape index (κ3) is 4.37. The highest BCUT2D eigenvalue weighted by Crippen LogP contribution is 2.24. The van der Waals surface area contributed by atoms with Crippen LogP contribution >= 0.6 is 11.6 Å². The number of halogens is 1. The van der Waals surface area contributed by atoms with Gasteiger partial charge in [-0.2, -0.15) is 5.10 Å². The molecule has 2 rings (SSSR count). The number of aliphatic hydroxyl groups is 1. The lowest BCUT2D eigenvalue weighted by Gasteiger charge is -2.15. The summed E-state index contributed by atoms with van der Waals surface area (Å²) >= 11 is 5.59. The van der Waals surface area contributed by atoms with Gasteiger partial charge in [-0.3, -0.25) is 4.68 Å². The molecule has 5 nitrogen and oxygen atoms in total. The highest BCUT2D eigenvalue weighted by molar-refractivity contribution is 6.18. The number of alkyl halides is 1. The fraction of sp³-hybridized carbons (Fsp3) is 0.400. The highest BCUT2D eigenvalue weighted by Gasteiger charge is 2.07. The second-order valence-corrected chi connectivity index (χ2v) is 4.92. The number of rotatable bonds is 8. The van der Waals surface area contributed by atoms with Crippen molar-refractivity contribution in [3.05, 3.63) is 42.2 Å². The fourth-order valence-corrected chi connectivity index (χ4v) is 2.05. The SMILES string of the molecule is CCn1nccc1COc1ccccc1NCC(O)CCl. The van der Waals surface area contributed by atoms with E-state index in [-0.39, 0.29) is 5.88 Å². The van der Waals surface area contributed by atoms with Crippen LogP contribution in [0.1, 0.15) is 12.6 Å². The summed E-state index contributed by atoms with van der Waals surface area (Å²) in [5.74, 6) is 0.939. The molecule has 0 amide bonds. The number of anilines is 1. The maximum absolute atomic E-state index is 9.51. The van der Waals surface area contributed by atoms with Crippen LogP contribution in [0, 0.1) is 0 Å². The number of aromatic nitrogens is 2. The summed E-state index contributed by atoms with van der Waals surface area (Å²) in [6, 6.07) is 9.57. The van der Waals surface area contributed by atoms with Crippen molar-refractivity contribution in [1.29, 1.82) is 0 Å². The Hall–Kier alpha value is -1.72. The maximum atomic E-state index is 9.51. The Kier molecular flexibility index (Phi) is 5.90. The minimum Gasteiger partial charge on any atom is -0.485 e. The molecule has 0 saturated heterocycles. The summed E-state index contributed by atoms with van der Waals surface area (Å²) < 4.78 is 7.75. The van der Waals surface area contributed by atoms with Crippen LogP contribution in [0.2, 0.25) is 0 Å². The van der Waals surface area contributed by atoms with E-state index in [2.05, 4.69) is 10.4 Å². The lowest BCUT2D eigenvalue weighted by atomic mass is 10.2. The third-order valence-corrected chi connectivity index (χ3v) is 3.43. The Balaban J connectivity index is 1.99. The molecule has 0 aliphatic carbocycles. The van der Waals surface area contributed by atoms with Gasteiger partial charge in [-0.15, -0.1) is 11.6 Å². The standard InChI is InChI=1S/C15H20ClN3O2/c1-2-19-12(7-8-18-19)11-21-15-6-4-3-5-14(15)17-10-13(20)9-16/h3-8,13,17,20H,2,9-11H2,1H3. The maximum Gasteiger partial charge on any atom is 0.142 e. The first-order chi connectivity index (χ1) is 10.2. The molecule has 1 unspecified atom stereocenters. The van der Waals surface area contributed by atoms with Gasteiger partial charge in [-0.1, -0.05) is 12.1 Å². The summed E-state index contributed by atoms with van der Waals surface area (Å²) in [5, 5.41) is 16.9. The van der Waals surface area contributed by atoms with E-state index in [1.54, 1.807) is 6.20 Å². The van der Waals surface area contributed by atoms with Gasteiger partial charge in [0.15, 0.2) is 0 Å². The van der Waals surface area contributed by atoms with Crippen LogP contribution in [0.15, 0.2) is 36.5 Å². The number of hydrogen-bond acceptors (Lipinski definition) is 4. The Morgan fingerprint density at radius 1 is 1.38 bits per heavy atom. The molecule has 1 aromatic carbocycles. The molecule has 114 valence electrons. The van der Waals surface area contributed by atoms with Crippen LogP contribution in [-0.4, -0.2) is 33.4 Å². The first kappa shape index (κ1) is 15.7. The number of nitrogens with one attached hydrogen (secondary N) is 1. The first-order valence-corrected chi connectivity index (χ1v) is 7.48. The molecule has 1 atom stereocenters. The van der Waals surface area contributed by atoms with Crippen molar-refractivity contribution in [2.45, 2.75) is 26.2 Å². The zero-order chi connectivity index (χ0) is 15.1. The molecule has 1 heterocycles. The minimum atomic E-state index is -0.582. The summed E-state index contributed by atoms with van der Waals surface area (Å²) in [6.45, 7) is 3.69. The third-order valence-electron chi connectivity index (χ3n) is 3.07. The minimum absolute atomic E-state index is 0.200. The van der Waals surface area contributed by atoms with Gasteiger partial charge in [0.05, 0.1) is 23.4 Å². The Labute approximate surface area is 129 Å². The van der Waals surface area contributed by atoms with Crippen molar-refractivity contribution < 1.29 is 9.84 Å². The van der Waals surface area contributed by atoms with E-state index in [0.717, 1.165) is 23.7 Å². The number of para-hydroxylation sites is 2. The van der Waals surface area contributed by atoms with E-state index >= 15 is 0 Å². The van der Waals surface area contributed by atoms with Gasteiger partial charge in [0.2, 0.25) is 0 Å². The Bertz CT molecular complexity index is 559. The van der Waals surface area contributed by atoms with Crippen molar-refractivity contribution in [1.82, 2.24) is 9.78 Å². The normalized spacial score (nSPS) is 12.1. The molecule has 1 aromatic heterocycles. The van der Waals surface area contributed by atoms with Crippen LogP contribution < -0.4 is 10.1 Å². The summed E-state index contributed by atoms with van der Waals surface area (Å²) in [4.78, 5) is 0. The molecule has 0 aliphatic heterocycles. The van der Waals surface area contributed by atoms with Gasteiger partial charge in [0.1, 0.15) is 12.4 Å². The predicted molar refractivity (Wildman–Crippen MR) is 83.9 cm³/mol. The van der Waals surface area contributed by atoms with Gasteiger partial charge in [0, 0.05) is 19.3 Å². The van der Waals surface area contributed by atoms with Gasteiger partial charge >= 0.3 is 0 Å². The highest BCUT2D eigenvalue weighted by atomic mass is 35.5. The summed E-state index contributed by atoms with van der Waals surface area (Å²) in [6.07, 6.45) is 1.18. The molecule has 0 fully saturated rings. The average Bonchev–Trinajstić information content (AvgIpc) is 2.98. The monoisotopic (exact) mass is 309 g/mol. The molecule has 0 aliphatic rings. The van der Waals surface area contributed by atoms with Crippen molar-refractivity contribution in [2.24, 2.45) is 0 Å². The van der Waals surface area contributed by atoms with Gasteiger partial charge in [0.25, 0.3) is 0 Å². The number of hydrogen-bond donors (Lipinski definition) is 2. The van der Waals surface area contributed by atoms with Crippen LogP contribution in [0.3, 0.4) is 0 Å². The number of aryl methyl sites for hydroxylation is 1. The second kappa shape index (κ2) is 7.90. The topological polar surface area (TPSA) is 59.3 Å². The van der Waals surface area contributed by atoms with Crippen LogP contribution in [0.5, 0.6) is 5.75 Å². The summed E-state index contributed by atoms with van der Waals surface area (Å²) in [7, 11) is 0. The molecule has 2 aromatic rings. The van der Waals surface area contributed by atoms with Gasteiger partial charge in [-0.25, -0.2) is 0 Å². The van der Waals surface area contributed by atoms with E-state index in [1.165, 1.54) is 0 Å². The number of ether oxygens (including phenoxy) is 1. The average molecular weight is 310 g/mol. The van der Waals surface area contributed by atoms with E-state index in [9.17, 15) is 5.11 Å². The van der Waals surface area contributed by atoms with Gasteiger partial charge < -0.3 is 15.2 Å². The smallest absolute Gasteiger partial charge is 0.142 e. The van der Waals surface area contributed by atoms with Crippen LogP contribution in [-0.2, 0) is 13.2 Å². The first-order valence-electron chi connectivity index (χ1n) is 6.95. The van der Waals surface area contributed by atoms with Crippen LogP contribution in [0.25, 0.3) is 0 Å². The largest absolute Gasteiger partial charge is 0.485 e. The molecular formula is C15H20ClN3O2. The molecule has 0 saturated carbocycles. The Morgan fingerprint density at radius 3 is 2.95 bits per heavy atom. The van der Waals surface area contributed by atoms with E-state index in [0.29, 0.717) is 13.2 Å². The lowest BCUT2D eigenvalue weighted by Crippen LogP contribution is -2.21. The Morgan fingerprint density at radius 2 is 2.19 bits per heavy atom. The van der Waals surface area contributed by atoms with Crippen molar-refractivity contribution in [3.8, 4) is 5.75 Å². The zero-order valence-electron chi connectivity index (χ0n) is 12.0. The lowest BCUT2D eigenvalue weighted by molar-refractivity contribution is 0.211. The van der Waals surface area contributed by atoms with E-state index in [4.69, 9.17) is 16.3 Å². The van der Waals surface area contributed by atoms with Gasteiger partial charge in [-0.05, 0) is 25.1 Å². The molecule has 2 N–H and O–H groups in total. The predicted octanol–water partition coefficient (Wildman–Crippen LogP) is 2.49. The zero-order valence-corrected chi connectivity index (χ0v) is 12.8. The molecule has 0 bridgehead atoms. The molecule has 21 heavy (non-hydrogen) atoms. The second-order valence-electron chi connectivity index (χ2n) is 4.61. The quantitative estimate of drug-likeness (QED) is 0.736. The van der Waals surface area contributed by atoms with Crippen LogP contribution in [0.4, 0.5) is 5.69 Å². The molecular weight excluding hydrogens is 290 g/mol. The number of benzene rings is 1. The van der Waals surface area contributed by atoms with Crippen molar-refractivity contribution >= 4 is 17.3 Å². The molecule has 0 spiro atoms. The molecule has 0 radical (unpaired) electrons. The fourth-order valence-electron chi connectivity index (χ4n) is 1.94. The number of nitrogens with zero attached hydrogens (tertiary/aromatic N) is 2. The number of aliphatic hydroxyl groups excluding tert-OH is 1. The van der Waals surface area contributed by atoms with E-state index in [1.807, 2.05) is 41.9 Å². The van der Waals surface area contributed by atoms with E-state index < -0.39 is 6.10 Å². The summed E-state index contributed by atoms with van der Waals surface area (Å²) in [5.41, 5.74) is 1.86.